The van der Waals surface area contributed by atoms with Crippen LogP contribution in [0.2, 0.25) is 5.02 Å². The molecular formula is C15H23ClN4O. The number of nitrogen functional groups attached to an aromatic ring is 1. The summed E-state index contributed by atoms with van der Waals surface area (Å²) in [4.78, 5) is 16.6. The number of benzene rings is 1. The Morgan fingerprint density at radius 3 is 2.76 bits per heavy atom. The number of hydrogen-bond donors (Lipinski definition) is 2. The van der Waals surface area contributed by atoms with Crippen molar-refractivity contribution in [2.75, 3.05) is 44.3 Å². The van der Waals surface area contributed by atoms with Gasteiger partial charge in [0.2, 0.25) is 5.91 Å². The van der Waals surface area contributed by atoms with Crippen LogP contribution in [0.1, 0.15) is 13.8 Å². The van der Waals surface area contributed by atoms with E-state index in [-0.39, 0.29) is 11.4 Å². The Hall–Kier alpha value is -1.30. The van der Waals surface area contributed by atoms with Crippen molar-refractivity contribution < 1.29 is 4.79 Å². The summed E-state index contributed by atoms with van der Waals surface area (Å²) in [5.41, 5.74) is 7.02. The summed E-state index contributed by atoms with van der Waals surface area (Å²) in [6.07, 6.45) is 0. The molecule has 1 fully saturated rings. The summed E-state index contributed by atoms with van der Waals surface area (Å²) < 4.78 is 0. The quantitative estimate of drug-likeness (QED) is 0.837. The van der Waals surface area contributed by atoms with Crippen molar-refractivity contribution in [2.24, 2.45) is 0 Å². The highest BCUT2D eigenvalue weighted by Gasteiger charge is 2.31. The summed E-state index contributed by atoms with van der Waals surface area (Å²) in [5.74, 6) is -0.0515. The maximum Gasteiger partial charge on any atom is 0.238 e. The van der Waals surface area contributed by atoms with E-state index in [1.807, 2.05) is 0 Å². The van der Waals surface area contributed by atoms with Crippen LogP contribution >= 0.6 is 11.6 Å². The number of nitrogens with zero attached hydrogens (tertiary/aromatic N) is 2. The van der Waals surface area contributed by atoms with Gasteiger partial charge in [-0.25, -0.2) is 0 Å². The minimum absolute atomic E-state index is 0.0515. The third-order valence-corrected chi connectivity index (χ3v) is 4.29. The first kappa shape index (κ1) is 16.1. The molecule has 0 atom stereocenters. The zero-order valence-electron chi connectivity index (χ0n) is 12.8. The summed E-state index contributed by atoms with van der Waals surface area (Å²) in [6.45, 7) is 7.47. The second-order valence-electron chi connectivity index (χ2n) is 6.22. The van der Waals surface area contributed by atoms with Crippen LogP contribution in [0.5, 0.6) is 0 Å². The minimum Gasteiger partial charge on any atom is -0.397 e. The van der Waals surface area contributed by atoms with Gasteiger partial charge in [-0.2, -0.15) is 0 Å². The van der Waals surface area contributed by atoms with E-state index < -0.39 is 0 Å². The van der Waals surface area contributed by atoms with Gasteiger partial charge >= 0.3 is 0 Å². The summed E-state index contributed by atoms with van der Waals surface area (Å²) in [5, 5.41) is 3.41. The number of nitrogens with one attached hydrogen (secondary N) is 1. The molecule has 1 aromatic carbocycles. The first-order chi connectivity index (χ1) is 9.78. The molecule has 6 heteroatoms. The Labute approximate surface area is 131 Å². The van der Waals surface area contributed by atoms with E-state index in [2.05, 4.69) is 36.0 Å². The predicted molar refractivity (Wildman–Crippen MR) is 87.6 cm³/mol. The Kier molecular flexibility index (Phi) is 4.76. The molecule has 0 unspecified atom stereocenters. The van der Waals surface area contributed by atoms with Gasteiger partial charge in [0.05, 0.1) is 17.9 Å². The number of hydrogen-bond acceptors (Lipinski definition) is 4. The molecule has 0 bridgehead atoms. The molecule has 116 valence electrons. The van der Waals surface area contributed by atoms with Crippen LogP contribution in [0.15, 0.2) is 18.2 Å². The first-order valence-corrected chi connectivity index (χ1v) is 7.44. The molecule has 5 nitrogen and oxygen atoms in total. The molecule has 1 saturated heterocycles. The van der Waals surface area contributed by atoms with Crippen LogP contribution in [0.4, 0.5) is 11.4 Å². The molecule has 0 radical (unpaired) electrons. The van der Waals surface area contributed by atoms with Gasteiger partial charge in [-0.3, -0.25) is 14.6 Å². The van der Waals surface area contributed by atoms with Crippen molar-refractivity contribution in [1.82, 2.24) is 9.80 Å². The molecular weight excluding hydrogens is 288 g/mol. The van der Waals surface area contributed by atoms with Crippen molar-refractivity contribution >= 4 is 28.9 Å². The van der Waals surface area contributed by atoms with E-state index in [9.17, 15) is 4.79 Å². The Morgan fingerprint density at radius 2 is 2.14 bits per heavy atom. The summed E-state index contributed by atoms with van der Waals surface area (Å²) in [6, 6.07) is 5.08. The molecule has 0 spiro atoms. The van der Waals surface area contributed by atoms with Crippen molar-refractivity contribution in [1.29, 1.82) is 0 Å². The molecule has 1 heterocycles. The fourth-order valence-corrected chi connectivity index (χ4v) is 2.70. The lowest BCUT2D eigenvalue weighted by molar-refractivity contribution is -0.118. The minimum atomic E-state index is -0.0515. The zero-order valence-corrected chi connectivity index (χ0v) is 13.6. The van der Waals surface area contributed by atoms with E-state index in [4.69, 9.17) is 17.3 Å². The smallest absolute Gasteiger partial charge is 0.238 e. The highest BCUT2D eigenvalue weighted by molar-refractivity contribution is 6.31. The lowest BCUT2D eigenvalue weighted by Gasteiger charge is -2.45. The highest BCUT2D eigenvalue weighted by Crippen LogP contribution is 2.23. The lowest BCUT2D eigenvalue weighted by atomic mass is 10.00. The van der Waals surface area contributed by atoms with Crippen molar-refractivity contribution in [3.63, 3.8) is 0 Å². The average molecular weight is 311 g/mol. The largest absolute Gasteiger partial charge is 0.397 e. The van der Waals surface area contributed by atoms with Crippen LogP contribution < -0.4 is 11.1 Å². The normalized spacial score (nSPS) is 19.4. The standard InChI is InChI=1S/C15H23ClN4O/c1-15(2)10-20(7-6-19(15)3)9-14(21)18-13-5-4-11(16)8-12(13)17/h4-5,8H,6-7,9-10,17H2,1-3H3,(H,18,21). The topological polar surface area (TPSA) is 61.6 Å². The van der Waals surface area contributed by atoms with Crippen LogP contribution in [0, 0.1) is 0 Å². The monoisotopic (exact) mass is 310 g/mol. The van der Waals surface area contributed by atoms with Gasteiger partial charge in [-0.15, -0.1) is 0 Å². The molecule has 0 aliphatic carbocycles. The zero-order chi connectivity index (χ0) is 15.6. The lowest BCUT2D eigenvalue weighted by Crippen LogP contribution is -2.58. The maximum absolute atomic E-state index is 12.2. The van der Waals surface area contributed by atoms with E-state index in [0.717, 1.165) is 19.6 Å². The first-order valence-electron chi connectivity index (χ1n) is 7.06. The van der Waals surface area contributed by atoms with Gasteiger partial charge in [-0.05, 0) is 39.1 Å². The molecule has 1 aliphatic rings. The number of carbonyl (C=O) groups is 1. The highest BCUT2D eigenvalue weighted by atomic mass is 35.5. The Morgan fingerprint density at radius 1 is 1.43 bits per heavy atom. The third-order valence-electron chi connectivity index (χ3n) is 4.05. The molecule has 2 rings (SSSR count). The number of amides is 1. The Bertz CT molecular complexity index is 532. The van der Waals surface area contributed by atoms with Gasteiger partial charge in [0.15, 0.2) is 0 Å². The number of halogens is 1. The molecule has 1 amide bonds. The average Bonchev–Trinajstić information content (AvgIpc) is 2.37. The van der Waals surface area contributed by atoms with Gasteiger partial charge in [0, 0.05) is 30.2 Å². The summed E-state index contributed by atoms with van der Waals surface area (Å²) in [7, 11) is 2.12. The second-order valence-corrected chi connectivity index (χ2v) is 6.66. The maximum atomic E-state index is 12.2. The van der Waals surface area contributed by atoms with Crippen LogP contribution in [-0.2, 0) is 4.79 Å². The number of carbonyl (C=O) groups excluding carboxylic acids is 1. The Balaban J connectivity index is 1.93. The molecule has 1 aromatic rings. The van der Waals surface area contributed by atoms with Gasteiger partial charge in [0.25, 0.3) is 0 Å². The van der Waals surface area contributed by atoms with Gasteiger partial charge in [0.1, 0.15) is 0 Å². The SMILES string of the molecule is CN1CCN(CC(=O)Nc2ccc(Cl)cc2N)CC1(C)C. The number of rotatable bonds is 3. The third kappa shape index (κ3) is 4.09. The second kappa shape index (κ2) is 6.22. The molecule has 0 aromatic heterocycles. The molecule has 3 N–H and O–H groups in total. The van der Waals surface area contributed by atoms with Crippen molar-refractivity contribution in [3.8, 4) is 0 Å². The van der Waals surface area contributed by atoms with E-state index in [1.54, 1.807) is 18.2 Å². The number of piperazine rings is 1. The molecule has 21 heavy (non-hydrogen) atoms. The van der Waals surface area contributed by atoms with E-state index >= 15 is 0 Å². The predicted octanol–water partition coefficient (Wildman–Crippen LogP) is 1.89. The molecule has 1 aliphatic heterocycles. The van der Waals surface area contributed by atoms with Crippen LogP contribution in [0.3, 0.4) is 0 Å². The number of nitrogens with two attached hydrogens (primary N) is 1. The van der Waals surface area contributed by atoms with E-state index in [1.165, 1.54) is 0 Å². The van der Waals surface area contributed by atoms with E-state index in [0.29, 0.717) is 22.9 Å². The number of anilines is 2. The fourth-order valence-electron chi connectivity index (χ4n) is 2.52. The van der Waals surface area contributed by atoms with Gasteiger partial charge in [-0.1, -0.05) is 11.6 Å². The summed E-state index contributed by atoms with van der Waals surface area (Å²) >= 11 is 5.85. The van der Waals surface area contributed by atoms with Crippen LogP contribution in [-0.4, -0.2) is 54.5 Å². The van der Waals surface area contributed by atoms with Crippen molar-refractivity contribution in [3.05, 3.63) is 23.2 Å². The fraction of sp³-hybridized carbons (Fsp3) is 0.533. The van der Waals surface area contributed by atoms with Crippen LogP contribution in [0.25, 0.3) is 0 Å². The van der Waals surface area contributed by atoms with Gasteiger partial charge < -0.3 is 11.1 Å². The molecule has 0 saturated carbocycles. The number of likely N-dealkylation sites (N-methyl/N-ethyl adjacent to an activating group) is 1. The van der Waals surface area contributed by atoms with Crippen molar-refractivity contribution in [2.45, 2.75) is 19.4 Å².